The summed E-state index contributed by atoms with van der Waals surface area (Å²) in [7, 11) is 2.59. The third-order valence-corrected chi connectivity index (χ3v) is 7.68. The normalized spacial score (nSPS) is 13.9. The van der Waals surface area contributed by atoms with E-state index in [2.05, 4.69) is 10.1 Å². The number of ether oxygens (including phenoxy) is 1. The number of nitrogens with zero attached hydrogens (tertiary/aromatic N) is 1. The molecule has 0 spiro atoms. The molecule has 1 atom stereocenters. The van der Waals surface area contributed by atoms with E-state index < -0.39 is 47.1 Å². The molecule has 1 aliphatic rings. The Morgan fingerprint density at radius 3 is 2.41 bits per heavy atom. The predicted octanol–water partition coefficient (Wildman–Crippen LogP) is 4.90. The molecule has 0 bridgehead atoms. The molecule has 9 nitrogen and oxygen atoms in total. The Balaban J connectivity index is 1.58. The number of amides is 1. The number of phenols is 1. The van der Waals surface area contributed by atoms with Crippen LogP contribution >= 0.6 is 0 Å². The van der Waals surface area contributed by atoms with E-state index in [1.807, 2.05) is 6.07 Å². The zero-order valence-corrected chi connectivity index (χ0v) is 22.8. The topological polar surface area (TPSA) is 132 Å². The molecule has 1 aliphatic carbocycles. The van der Waals surface area contributed by atoms with Crippen LogP contribution in [0, 0.1) is 11.6 Å². The second-order valence-corrected chi connectivity index (χ2v) is 10.6. The van der Waals surface area contributed by atoms with Crippen molar-refractivity contribution < 1.29 is 41.4 Å². The van der Waals surface area contributed by atoms with E-state index in [4.69, 9.17) is 4.42 Å². The van der Waals surface area contributed by atoms with Crippen molar-refractivity contribution >= 4 is 34.1 Å². The summed E-state index contributed by atoms with van der Waals surface area (Å²) < 4.78 is 64.5. The number of carbonyl (C=O) groups is 2. The summed E-state index contributed by atoms with van der Waals surface area (Å²) >= 11 is -2.80. The average molecular weight is 584 g/mol. The number of nitrogens with one attached hydrogen (secondary N) is 1. The molecule has 1 amide bonds. The molecule has 0 saturated heterocycles. The molecule has 12 heteroatoms. The molecule has 1 saturated carbocycles. The number of aromatic hydroxyl groups is 1. The van der Waals surface area contributed by atoms with E-state index in [0.29, 0.717) is 22.1 Å². The second-order valence-electron chi connectivity index (χ2n) is 9.68. The maximum absolute atomic E-state index is 14.7. The zero-order chi connectivity index (χ0) is 29.4. The van der Waals surface area contributed by atoms with Crippen LogP contribution in [0.1, 0.15) is 56.2 Å². The lowest BCUT2D eigenvalue weighted by molar-refractivity contribution is 0.0597. The SMILES string of the molecule is CNC(=O)c1c(-c2ccc(F)cc2)oc2cc(CN(Cc3cc(C(=O)OC)c(O)cc3F)S(=O)[O-])c(C3CC3)cc12. The van der Waals surface area contributed by atoms with E-state index in [-0.39, 0.29) is 34.9 Å². The van der Waals surface area contributed by atoms with Crippen LogP contribution < -0.4 is 5.32 Å². The fourth-order valence-corrected chi connectivity index (χ4v) is 5.30. The Labute approximate surface area is 236 Å². The van der Waals surface area contributed by atoms with Gasteiger partial charge in [-0.05, 0) is 72.4 Å². The van der Waals surface area contributed by atoms with Crippen LogP contribution in [0.2, 0.25) is 0 Å². The first-order valence-corrected chi connectivity index (χ1v) is 13.7. The minimum Gasteiger partial charge on any atom is -0.760 e. The van der Waals surface area contributed by atoms with E-state index in [0.717, 1.165) is 42.0 Å². The fraction of sp³-hybridized carbons (Fsp3) is 0.241. The molecule has 214 valence electrons. The fourth-order valence-electron chi connectivity index (χ4n) is 4.81. The van der Waals surface area contributed by atoms with Gasteiger partial charge < -0.3 is 24.1 Å². The van der Waals surface area contributed by atoms with Gasteiger partial charge in [-0.25, -0.2) is 17.9 Å². The third-order valence-electron chi connectivity index (χ3n) is 7.00. The zero-order valence-electron chi connectivity index (χ0n) is 22.0. The van der Waals surface area contributed by atoms with Gasteiger partial charge in [-0.15, -0.1) is 0 Å². The van der Waals surface area contributed by atoms with Crippen molar-refractivity contribution in [2.75, 3.05) is 14.2 Å². The Bertz CT molecular complexity index is 1680. The molecular formula is C29H25F2N2O7S-. The highest BCUT2D eigenvalue weighted by Gasteiger charge is 2.30. The highest BCUT2D eigenvalue weighted by molar-refractivity contribution is 7.76. The van der Waals surface area contributed by atoms with Gasteiger partial charge in [0.25, 0.3) is 5.91 Å². The smallest absolute Gasteiger partial charge is 0.341 e. The summed E-state index contributed by atoms with van der Waals surface area (Å²) in [6.45, 7) is -0.593. The van der Waals surface area contributed by atoms with Crippen molar-refractivity contribution in [3.63, 3.8) is 0 Å². The summed E-state index contributed by atoms with van der Waals surface area (Å²) in [5, 5.41) is 13.1. The Hall–Kier alpha value is -4.13. The largest absolute Gasteiger partial charge is 0.760 e. The van der Waals surface area contributed by atoms with Gasteiger partial charge in [0.05, 0.1) is 12.7 Å². The van der Waals surface area contributed by atoms with E-state index in [1.165, 1.54) is 31.3 Å². The van der Waals surface area contributed by atoms with Gasteiger partial charge in [0.1, 0.15) is 34.3 Å². The molecule has 0 radical (unpaired) electrons. The monoisotopic (exact) mass is 583 g/mol. The standard InChI is InChI=1S/C29H26F2N2O7S/c1-32-28(35)26-22-11-20(15-3-4-15)17(10-25(22)40-27(26)16-5-7-19(30)8-6-16)13-33(41(37)38)14-18-9-21(29(36)39-2)24(34)12-23(18)31/h5-12,15,34H,3-4,13-14H2,1-2H3,(H,32,35)(H,37,38)/p-1. The van der Waals surface area contributed by atoms with Crippen molar-refractivity contribution in [2.45, 2.75) is 31.8 Å². The first-order valence-electron chi connectivity index (χ1n) is 12.6. The number of rotatable bonds is 9. The van der Waals surface area contributed by atoms with Crippen LogP contribution in [-0.2, 0) is 29.1 Å². The van der Waals surface area contributed by atoms with E-state index in [1.54, 1.807) is 6.07 Å². The molecular weight excluding hydrogens is 558 g/mol. The molecule has 1 aromatic heterocycles. The Morgan fingerprint density at radius 1 is 1.12 bits per heavy atom. The molecule has 1 fully saturated rings. The molecule has 1 heterocycles. The number of hydrogen-bond donors (Lipinski definition) is 2. The minimum atomic E-state index is -2.80. The maximum atomic E-state index is 14.7. The lowest BCUT2D eigenvalue weighted by Crippen LogP contribution is -2.26. The number of hydrogen-bond acceptors (Lipinski definition) is 7. The maximum Gasteiger partial charge on any atom is 0.341 e. The molecule has 1 unspecified atom stereocenters. The Kier molecular flexibility index (Phi) is 7.89. The van der Waals surface area contributed by atoms with Crippen molar-refractivity contribution in [1.29, 1.82) is 0 Å². The van der Waals surface area contributed by atoms with Crippen LogP contribution in [0.3, 0.4) is 0 Å². The summed E-state index contributed by atoms with van der Waals surface area (Å²) in [5.74, 6) is -2.90. The minimum absolute atomic E-state index is 0.134. The van der Waals surface area contributed by atoms with Gasteiger partial charge in [-0.3, -0.25) is 9.00 Å². The summed E-state index contributed by atoms with van der Waals surface area (Å²) in [5.41, 5.74) is 2.06. The van der Waals surface area contributed by atoms with Gasteiger partial charge in [0, 0.05) is 54.0 Å². The summed E-state index contributed by atoms with van der Waals surface area (Å²) in [6, 6.07) is 10.8. The summed E-state index contributed by atoms with van der Waals surface area (Å²) in [4.78, 5) is 24.9. The van der Waals surface area contributed by atoms with Crippen molar-refractivity contribution in [3.05, 3.63) is 88.0 Å². The quantitative estimate of drug-likeness (QED) is 0.212. The lowest BCUT2D eigenvalue weighted by Gasteiger charge is -2.26. The molecule has 0 aliphatic heterocycles. The van der Waals surface area contributed by atoms with Crippen LogP contribution in [0.5, 0.6) is 5.75 Å². The van der Waals surface area contributed by atoms with Gasteiger partial charge >= 0.3 is 5.97 Å². The van der Waals surface area contributed by atoms with Gasteiger partial charge in [0.2, 0.25) is 0 Å². The summed E-state index contributed by atoms with van der Waals surface area (Å²) in [6.07, 6.45) is 1.73. The van der Waals surface area contributed by atoms with E-state index >= 15 is 0 Å². The van der Waals surface area contributed by atoms with Crippen molar-refractivity contribution in [2.24, 2.45) is 0 Å². The van der Waals surface area contributed by atoms with E-state index in [9.17, 15) is 32.2 Å². The molecule has 5 rings (SSSR count). The number of fused-ring (bicyclic) bond motifs is 1. The Morgan fingerprint density at radius 2 is 1.80 bits per heavy atom. The second kappa shape index (κ2) is 11.4. The van der Waals surface area contributed by atoms with Gasteiger partial charge in [-0.2, -0.15) is 0 Å². The number of phenolic OH excluding ortho intramolecular Hbond substituents is 1. The molecule has 2 N–H and O–H groups in total. The number of furan rings is 1. The molecule has 4 aromatic rings. The number of halogens is 2. The number of carbonyl (C=O) groups excluding carboxylic acids is 2. The van der Waals surface area contributed by atoms with Crippen LogP contribution in [0.4, 0.5) is 8.78 Å². The van der Waals surface area contributed by atoms with Gasteiger partial charge in [-0.1, -0.05) is 0 Å². The first kappa shape index (κ1) is 28.4. The predicted molar refractivity (Wildman–Crippen MR) is 145 cm³/mol. The van der Waals surface area contributed by atoms with Crippen LogP contribution in [0.15, 0.2) is 52.9 Å². The number of benzene rings is 3. The molecule has 3 aromatic carbocycles. The average Bonchev–Trinajstić information content (AvgIpc) is 3.73. The van der Waals surface area contributed by atoms with Crippen LogP contribution in [-0.4, -0.2) is 44.2 Å². The van der Waals surface area contributed by atoms with Gasteiger partial charge in [0.15, 0.2) is 0 Å². The van der Waals surface area contributed by atoms with Crippen LogP contribution in [0.25, 0.3) is 22.3 Å². The number of methoxy groups -OCH3 is 1. The number of esters is 1. The van der Waals surface area contributed by atoms with Crippen molar-refractivity contribution in [3.8, 4) is 17.1 Å². The van der Waals surface area contributed by atoms with Crippen molar-refractivity contribution in [1.82, 2.24) is 9.62 Å². The highest BCUT2D eigenvalue weighted by Crippen LogP contribution is 2.45. The third kappa shape index (κ3) is 5.71. The highest BCUT2D eigenvalue weighted by atomic mass is 32.2. The lowest BCUT2D eigenvalue weighted by atomic mass is 9.97. The molecule has 41 heavy (non-hydrogen) atoms. The first-order chi connectivity index (χ1) is 19.6.